The molecule has 0 bridgehead atoms. The van der Waals surface area contributed by atoms with Crippen LogP contribution in [0, 0.1) is 166 Å². The van der Waals surface area contributed by atoms with E-state index in [1.165, 1.54) is 157 Å². The fraction of sp³-hybridized carbons (Fsp3) is 0.312. The van der Waals surface area contributed by atoms with Crippen LogP contribution in [0.4, 0.5) is 0 Å². The quantitative estimate of drug-likeness (QED) is 0.148. The van der Waals surface area contributed by atoms with E-state index in [1.54, 1.807) is 24.3 Å². The monoisotopic (exact) mass is 1360 g/mol. The summed E-state index contributed by atoms with van der Waals surface area (Å²) in [6.45, 7) is 42.8. The smallest absolute Gasteiger partial charge is 0.199 e. The molecular weight excluding hydrogens is 1240 g/mol. The first kappa shape index (κ1) is 70.6. The van der Waals surface area contributed by atoms with Gasteiger partial charge >= 0.3 is 0 Å². The maximum absolute atomic E-state index is 7.48. The van der Waals surface area contributed by atoms with E-state index in [2.05, 4.69) is 340 Å². The number of benzene rings is 6. The summed E-state index contributed by atoms with van der Waals surface area (Å²) in [5.41, 5.74) is 43.6. The summed E-state index contributed by atoms with van der Waals surface area (Å²) in [5, 5.41) is 0. The van der Waals surface area contributed by atoms with Gasteiger partial charge in [-0.25, -0.2) is 0 Å². The Morgan fingerprint density at radius 1 is 0.206 bits per heavy atom. The Hall–Kier alpha value is -9.78. The lowest BCUT2D eigenvalue weighted by molar-refractivity contribution is -0.667. The first-order chi connectivity index (χ1) is 50.4. The van der Waals surface area contributed by atoms with Crippen molar-refractivity contribution in [1.82, 2.24) is 0 Å². The number of rotatable bonds is 6. The Kier molecular flexibility index (Phi) is 24.1. The minimum absolute atomic E-state index is 0.394. The summed E-state index contributed by atoms with van der Waals surface area (Å²) in [6.07, 6.45) is 0. The Morgan fingerprint density at radius 3 is 0.863 bits per heavy atom. The molecule has 0 radical (unpaired) electrons. The van der Waals surface area contributed by atoms with Gasteiger partial charge in [0.05, 0.1) is 5.56 Å². The van der Waals surface area contributed by atoms with Crippen molar-refractivity contribution in [3.05, 3.63) is 316 Å². The summed E-state index contributed by atoms with van der Waals surface area (Å²) >= 11 is 0. The average molecular weight is 1360 g/mol. The second-order valence-electron chi connectivity index (χ2n) is 28.9. The minimum Gasteiger partial charge on any atom is -0.199 e. The molecule has 0 amide bonds. The Bertz CT molecular complexity index is 5020. The number of aromatic nitrogens is 6. The molecule has 6 heteroatoms. The molecule has 12 rings (SSSR count). The molecule has 102 heavy (non-hydrogen) atoms. The standard InChI is InChI=1S/6C16H20N/c2*1-11-6-7-13(3)15(9-11)16-10-12(2)8-14(4)17(16)5;2*1-11-6-7-15(13(3)8-11)16-10-12(2)9-14(4)17(16)5;1-11-9-14(4)17(5)15(10-11)16-12(2)7-6-8-13(16)3;1-11-8-6-7-9-15(11)16-14(4)12(2)10-13(3)17(16)5/h6*6-10H,1-5H3/q6*+1/i;;2*1D3;;. The van der Waals surface area contributed by atoms with E-state index in [4.69, 9.17) is 8.22 Å². The van der Waals surface area contributed by atoms with Crippen LogP contribution < -0.4 is 27.4 Å². The molecule has 0 fully saturated rings. The van der Waals surface area contributed by atoms with Crippen LogP contribution in [0.5, 0.6) is 0 Å². The van der Waals surface area contributed by atoms with Gasteiger partial charge in [-0.3, -0.25) is 0 Å². The van der Waals surface area contributed by atoms with Gasteiger partial charge in [0.1, 0.15) is 42.3 Å². The van der Waals surface area contributed by atoms with Gasteiger partial charge in [-0.1, -0.05) is 107 Å². The lowest BCUT2D eigenvalue weighted by atomic mass is 9.98. The van der Waals surface area contributed by atoms with Crippen molar-refractivity contribution in [1.29, 1.82) is 0 Å². The van der Waals surface area contributed by atoms with Gasteiger partial charge in [0.2, 0.25) is 34.2 Å². The van der Waals surface area contributed by atoms with Crippen LogP contribution in [0.3, 0.4) is 0 Å². The highest BCUT2D eigenvalue weighted by Gasteiger charge is 2.23. The number of hydrogen-bond donors (Lipinski definition) is 0. The predicted molar refractivity (Wildman–Crippen MR) is 432 cm³/mol. The van der Waals surface area contributed by atoms with Crippen LogP contribution in [-0.2, 0) is 42.3 Å². The molecule has 528 valence electrons. The van der Waals surface area contributed by atoms with Gasteiger partial charge < -0.3 is 0 Å². The zero-order chi connectivity index (χ0) is 80.5. The van der Waals surface area contributed by atoms with Crippen LogP contribution in [0.1, 0.15) is 143 Å². The Balaban J connectivity index is 0.000000181. The lowest BCUT2D eigenvalue weighted by Gasteiger charge is -2.10. The van der Waals surface area contributed by atoms with Crippen LogP contribution in [-0.4, -0.2) is 0 Å². The summed E-state index contributed by atoms with van der Waals surface area (Å²) in [5.74, 6) is 0. The van der Waals surface area contributed by atoms with E-state index in [-0.39, 0.29) is 0 Å². The van der Waals surface area contributed by atoms with Crippen molar-refractivity contribution >= 4 is 0 Å². The largest absolute Gasteiger partial charge is 0.215 e. The van der Waals surface area contributed by atoms with Crippen LogP contribution in [0.2, 0.25) is 0 Å². The highest BCUT2D eigenvalue weighted by molar-refractivity contribution is 5.68. The van der Waals surface area contributed by atoms with E-state index >= 15 is 0 Å². The van der Waals surface area contributed by atoms with E-state index < -0.39 is 13.7 Å². The zero-order valence-corrected chi connectivity index (χ0v) is 67.0. The van der Waals surface area contributed by atoms with Gasteiger partial charge in [0, 0.05) is 150 Å². The third kappa shape index (κ3) is 19.6. The first-order valence-electron chi connectivity index (χ1n) is 38.7. The minimum atomic E-state index is -2.05. The molecule has 6 heterocycles. The van der Waals surface area contributed by atoms with Crippen molar-refractivity contribution in [3.63, 3.8) is 0 Å². The second kappa shape index (κ2) is 34.7. The summed E-state index contributed by atoms with van der Waals surface area (Å²) < 4.78 is 58.2. The highest BCUT2D eigenvalue weighted by atomic mass is 15.0. The molecule has 0 unspecified atom stereocenters. The van der Waals surface area contributed by atoms with Gasteiger partial charge in [-0.15, -0.1) is 0 Å². The van der Waals surface area contributed by atoms with Crippen LogP contribution >= 0.6 is 0 Å². The van der Waals surface area contributed by atoms with E-state index in [1.807, 2.05) is 40.1 Å². The SMILES string of the molecule is Cc1cc(C)[n+](C)c(-c2c(C)cccc2C)c1.Cc1ccc(C)c(-c2cc(C)cc(C)[n+]2C)c1.Cc1ccc(C)c(-c2cc(C)cc(C)[n+]2C)c1.Cc1ccccc1-c1c(C)c(C)cc(C)[n+]1C.[2H]C([2H])([2H])c1ccc(-c2cc(C)cc(C)[n+]2C)c(C)c1.[2H]C([2H])([2H])c1ccc(-c2cc(C)cc(C)[n+]2C)c(C)c1. The maximum atomic E-state index is 7.48. The predicted octanol–water partition coefficient (Wildman–Crippen LogP) is 20.5. The average Bonchev–Trinajstić information content (AvgIpc) is 0.810. The van der Waals surface area contributed by atoms with E-state index in [0.717, 1.165) is 33.6 Å². The van der Waals surface area contributed by atoms with Crippen molar-refractivity contribution in [2.45, 2.75) is 166 Å². The maximum Gasteiger partial charge on any atom is 0.215 e. The molecule has 0 aliphatic carbocycles. The summed E-state index contributed by atoms with van der Waals surface area (Å²) in [6, 6.07) is 63.3. The van der Waals surface area contributed by atoms with Gasteiger partial charge in [0.25, 0.3) is 0 Å². The molecule has 0 spiro atoms. The molecule has 12 aromatic rings. The van der Waals surface area contributed by atoms with Gasteiger partial charge in [-0.2, -0.15) is 27.4 Å². The van der Waals surface area contributed by atoms with Crippen LogP contribution in [0.15, 0.2) is 182 Å². The van der Waals surface area contributed by atoms with Crippen LogP contribution in [0.25, 0.3) is 67.5 Å². The zero-order valence-electron chi connectivity index (χ0n) is 73.0. The van der Waals surface area contributed by atoms with Crippen molar-refractivity contribution in [2.24, 2.45) is 42.3 Å². The molecule has 0 N–H and O–H groups in total. The normalized spacial score (nSPS) is 11.8. The van der Waals surface area contributed by atoms with Crippen molar-refractivity contribution < 1.29 is 35.6 Å². The van der Waals surface area contributed by atoms with Crippen molar-refractivity contribution in [3.8, 4) is 67.5 Å². The summed E-state index contributed by atoms with van der Waals surface area (Å²) in [7, 11) is 12.6. The third-order valence-electron chi connectivity index (χ3n) is 20.2. The molecule has 6 aromatic heterocycles. The van der Waals surface area contributed by atoms with Crippen molar-refractivity contribution in [2.75, 3.05) is 0 Å². The van der Waals surface area contributed by atoms with E-state index in [0.29, 0.717) is 11.1 Å². The summed E-state index contributed by atoms with van der Waals surface area (Å²) in [4.78, 5) is 0. The number of hydrogen-bond acceptors (Lipinski definition) is 0. The molecule has 0 saturated heterocycles. The second-order valence-corrected chi connectivity index (χ2v) is 28.9. The molecule has 6 nitrogen and oxygen atoms in total. The Morgan fingerprint density at radius 2 is 0.510 bits per heavy atom. The Labute approximate surface area is 624 Å². The third-order valence-corrected chi connectivity index (χ3v) is 20.2. The van der Waals surface area contributed by atoms with E-state index in [9.17, 15) is 0 Å². The number of pyridine rings is 6. The molecule has 0 saturated carbocycles. The lowest BCUT2D eigenvalue weighted by Crippen LogP contribution is -2.36. The number of aryl methyl sites for hydroxylation is 23. The van der Waals surface area contributed by atoms with Gasteiger partial charge in [-0.05, 0) is 227 Å². The molecular formula is C96H120N6+6. The fourth-order valence-corrected chi connectivity index (χ4v) is 13.6. The highest BCUT2D eigenvalue weighted by Crippen LogP contribution is 2.30. The molecule has 0 aliphatic heterocycles. The topological polar surface area (TPSA) is 23.3 Å². The fourth-order valence-electron chi connectivity index (χ4n) is 13.6. The van der Waals surface area contributed by atoms with Gasteiger partial charge in [0.15, 0.2) is 34.2 Å². The number of nitrogens with zero attached hydrogens (tertiary/aromatic N) is 6. The molecule has 0 atom stereocenters. The first-order valence-corrected chi connectivity index (χ1v) is 35.7. The molecule has 6 aromatic carbocycles. The molecule has 0 aliphatic rings.